The van der Waals surface area contributed by atoms with E-state index in [-0.39, 0.29) is 11.8 Å². The molecule has 0 bridgehead atoms. The Kier molecular flexibility index (Phi) is 5.09. The first-order chi connectivity index (χ1) is 13.1. The van der Waals surface area contributed by atoms with E-state index in [9.17, 15) is 9.59 Å². The van der Waals surface area contributed by atoms with E-state index in [2.05, 4.69) is 17.6 Å². The van der Waals surface area contributed by atoms with Gasteiger partial charge in [-0.15, -0.1) is 22.7 Å². The number of rotatable bonds is 4. The molecule has 1 unspecified atom stereocenters. The first-order valence-corrected chi connectivity index (χ1v) is 10.7. The van der Waals surface area contributed by atoms with Crippen LogP contribution in [0.25, 0.3) is 0 Å². The number of amides is 2. The molecule has 2 amide bonds. The number of benzene rings is 1. The summed E-state index contributed by atoms with van der Waals surface area (Å²) in [7, 11) is 0. The molecule has 3 aromatic rings. The third-order valence-electron chi connectivity index (χ3n) is 4.74. The predicted molar refractivity (Wildman–Crippen MR) is 112 cm³/mol. The Balaban J connectivity index is 1.67. The van der Waals surface area contributed by atoms with Gasteiger partial charge in [0.2, 0.25) is 0 Å². The molecule has 1 aromatic carbocycles. The number of thiophene rings is 2. The molecule has 27 heavy (non-hydrogen) atoms. The number of para-hydroxylation sites is 1. The van der Waals surface area contributed by atoms with Crippen molar-refractivity contribution in [1.82, 2.24) is 0 Å². The number of carbonyl (C=O) groups is 2. The summed E-state index contributed by atoms with van der Waals surface area (Å²) in [6.07, 6.45) is 2.90. The zero-order valence-corrected chi connectivity index (χ0v) is 16.6. The molecule has 0 spiro atoms. The Morgan fingerprint density at radius 2 is 1.85 bits per heavy atom. The van der Waals surface area contributed by atoms with Crippen LogP contribution in [0.5, 0.6) is 0 Å². The van der Waals surface area contributed by atoms with E-state index in [0.717, 1.165) is 30.5 Å². The third-order valence-corrected chi connectivity index (χ3v) is 6.78. The Labute approximate surface area is 166 Å². The van der Waals surface area contributed by atoms with Gasteiger partial charge in [-0.3, -0.25) is 9.59 Å². The van der Waals surface area contributed by atoms with Gasteiger partial charge in [0.15, 0.2) is 0 Å². The highest BCUT2D eigenvalue weighted by Crippen LogP contribution is 2.40. The second kappa shape index (κ2) is 7.66. The van der Waals surface area contributed by atoms with E-state index < -0.39 is 0 Å². The second-order valence-corrected chi connectivity index (χ2v) is 8.86. The van der Waals surface area contributed by atoms with E-state index in [1.54, 1.807) is 17.4 Å². The molecule has 6 heteroatoms. The quantitative estimate of drug-likeness (QED) is 0.617. The van der Waals surface area contributed by atoms with Crippen molar-refractivity contribution in [3.8, 4) is 0 Å². The molecule has 0 fully saturated rings. The lowest BCUT2D eigenvalue weighted by Gasteiger charge is -2.18. The van der Waals surface area contributed by atoms with Crippen molar-refractivity contribution in [1.29, 1.82) is 0 Å². The van der Waals surface area contributed by atoms with Crippen molar-refractivity contribution < 1.29 is 9.59 Å². The minimum Gasteiger partial charge on any atom is -0.322 e. The van der Waals surface area contributed by atoms with Gasteiger partial charge < -0.3 is 10.6 Å². The Morgan fingerprint density at radius 3 is 2.59 bits per heavy atom. The lowest BCUT2D eigenvalue weighted by Crippen LogP contribution is -2.19. The summed E-state index contributed by atoms with van der Waals surface area (Å²) in [6, 6.07) is 13.1. The van der Waals surface area contributed by atoms with Crippen molar-refractivity contribution in [2.24, 2.45) is 5.92 Å². The molecule has 2 N–H and O–H groups in total. The number of carbonyl (C=O) groups excluding carboxylic acids is 2. The van der Waals surface area contributed by atoms with Gasteiger partial charge in [-0.1, -0.05) is 31.2 Å². The molecule has 1 atom stereocenters. The summed E-state index contributed by atoms with van der Waals surface area (Å²) in [5.74, 6) is 0.280. The normalized spacial score (nSPS) is 15.8. The van der Waals surface area contributed by atoms with Gasteiger partial charge in [-0.05, 0) is 54.3 Å². The van der Waals surface area contributed by atoms with Crippen molar-refractivity contribution in [2.45, 2.75) is 26.2 Å². The molecule has 1 aliphatic rings. The lowest BCUT2D eigenvalue weighted by atomic mass is 9.88. The molecule has 0 aliphatic heterocycles. The van der Waals surface area contributed by atoms with Crippen LogP contribution in [0.15, 0.2) is 47.8 Å². The van der Waals surface area contributed by atoms with Crippen LogP contribution in [0.3, 0.4) is 0 Å². The molecular weight excluding hydrogens is 376 g/mol. The van der Waals surface area contributed by atoms with Crippen LogP contribution < -0.4 is 10.6 Å². The number of anilines is 2. The minimum absolute atomic E-state index is 0.158. The first-order valence-electron chi connectivity index (χ1n) is 8.97. The van der Waals surface area contributed by atoms with Gasteiger partial charge in [0, 0.05) is 10.6 Å². The minimum atomic E-state index is -0.162. The van der Waals surface area contributed by atoms with Crippen molar-refractivity contribution in [3.63, 3.8) is 0 Å². The van der Waals surface area contributed by atoms with E-state index in [1.165, 1.54) is 16.2 Å². The van der Waals surface area contributed by atoms with Crippen molar-refractivity contribution in [2.75, 3.05) is 10.6 Å². The third kappa shape index (κ3) is 3.82. The maximum atomic E-state index is 13.1. The summed E-state index contributed by atoms with van der Waals surface area (Å²) < 4.78 is 0. The molecule has 2 aromatic heterocycles. The zero-order valence-electron chi connectivity index (χ0n) is 15.0. The molecule has 4 nitrogen and oxygen atoms in total. The molecular formula is C21H20N2O2S2. The van der Waals surface area contributed by atoms with Crippen LogP contribution in [0.2, 0.25) is 0 Å². The molecule has 0 saturated heterocycles. The average molecular weight is 397 g/mol. The van der Waals surface area contributed by atoms with Crippen LogP contribution in [0.4, 0.5) is 10.7 Å². The summed E-state index contributed by atoms with van der Waals surface area (Å²) >= 11 is 2.94. The fourth-order valence-corrected chi connectivity index (χ4v) is 5.39. The molecule has 0 radical (unpaired) electrons. The molecule has 1 aliphatic carbocycles. The SMILES string of the molecule is CC1CCc2c(sc(NC(=O)c3cccs3)c2C(=O)Nc2ccccc2)C1. The summed E-state index contributed by atoms with van der Waals surface area (Å²) in [6.45, 7) is 2.23. The van der Waals surface area contributed by atoms with Crippen LogP contribution in [-0.2, 0) is 12.8 Å². The molecule has 4 rings (SSSR count). The molecule has 138 valence electrons. The maximum Gasteiger partial charge on any atom is 0.266 e. The maximum absolute atomic E-state index is 13.1. The van der Waals surface area contributed by atoms with Crippen LogP contribution >= 0.6 is 22.7 Å². The Bertz CT molecular complexity index is 962. The first kappa shape index (κ1) is 17.9. The van der Waals surface area contributed by atoms with Gasteiger partial charge in [-0.25, -0.2) is 0 Å². The highest BCUT2D eigenvalue weighted by atomic mass is 32.1. The summed E-state index contributed by atoms with van der Waals surface area (Å²) in [4.78, 5) is 27.5. The van der Waals surface area contributed by atoms with Gasteiger partial charge in [-0.2, -0.15) is 0 Å². The van der Waals surface area contributed by atoms with Crippen molar-refractivity contribution >= 4 is 45.2 Å². The van der Waals surface area contributed by atoms with Crippen molar-refractivity contribution in [3.05, 3.63) is 68.7 Å². The van der Waals surface area contributed by atoms with Gasteiger partial charge >= 0.3 is 0 Å². The van der Waals surface area contributed by atoms with Gasteiger partial charge in [0.1, 0.15) is 5.00 Å². The predicted octanol–water partition coefficient (Wildman–Crippen LogP) is 5.44. The number of nitrogens with one attached hydrogen (secondary N) is 2. The monoisotopic (exact) mass is 396 g/mol. The number of hydrogen-bond donors (Lipinski definition) is 2. The summed E-state index contributed by atoms with van der Waals surface area (Å²) in [5, 5.41) is 8.48. The Morgan fingerprint density at radius 1 is 1.04 bits per heavy atom. The topological polar surface area (TPSA) is 58.2 Å². The number of hydrogen-bond acceptors (Lipinski definition) is 4. The lowest BCUT2D eigenvalue weighted by molar-refractivity contribution is 0.102. The van der Waals surface area contributed by atoms with E-state index in [4.69, 9.17) is 0 Å². The Hall–Kier alpha value is -2.44. The summed E-state index contributed by atoms with van der Waals surface area (Å²) in [5.41, 5.74) is 2.46. The van der Waals surface area contributed by atoms with E-state index in [1.807, 2.05) is 41.8 Å². The van der Waals surface area contributed by atoms with Gasteiger partial charge in [0.25, 0.3) is 11.8 Å². The number of fused-ring (bicyclic) bond motifs is 1. The highest BCUT2D eigenvalue weighted by molar-refractivity contribution is 7.17. The fourth-order valence-electron chi connectivity index (χ4n) is 3.37. The second-order valence-electron chi connectivity index (χ2n) is 6.81. The fraction of sp³-hybridized carbons (Fsp3) is 0.238. The highest BCUT2D eigenvalue weighted by Gasteiger charge is 2.28. The van der Waals surface area contributed by atoms with Crippen LogP contribution in [0.1, 0.15) is 43.8 Å². The van der Waals surface area contributed by atoms with Crippen LogP contribution in [0, 0.1) is 5.92 Å². The largest absolute Gasteiger partial charge is 0.322 e. The molecule has 0 saturated carbocycles. The average Bonchev–Trinajstić information content (AvgIpc) is 3.29. The molecule has 2 heterocycles. The standard InChI is InChI=1S/C21H20N2O2S2/c1-13-9-10-15-17(12-13)27-21(23-19(24)16-8-5-11-26-16)18(15)20(25)22-14-6-3-2-4-7-14/h2-8,11,13H,9-10,12H2,1H3,(H,22,25)(H,23,24). The van der Waals surface area contributed by atoms with Gasteiger partial charge in [0.05, 0.1) is 10.4 Å². The zero-order chi connectivity index (χ0) is 18.8. The van der Waals surface area contributed by atoms with Crippen LogP contribution in [-0.4, -0.2) is 11.8 Å². The smallest absolute Gasteiger partial charge is 0.266 e. The van der Waals surface area contributed by atoms with E-state index in [0.29, 0.717) is 21.4 Å². The van der Waals surface area contributed by atoms with E-state index >= 15 is 0 Å².